The van der Waals surface area contributed by atoms with Crippen LogP contribution in [0.25, 0.3) is 10.9 Å². The second-order valence-electron chi connectivity index (χ2n) is 5.01. The van der Waals surface area contributed by atoms with Gasteiger partial charge < -0.3 is 9.67 Å². The Hall–Kier alpha value is -2.14. The van der Waals surface area contributed by atoms with Crippen LogP contribution in [0.1, 0.15) is 23.3 Å². The molecule has 1 aromatic carbocycles. The van der Waals surface area contributed by atoms with Gasteiger partial charge in [-0.1, -0.05) is 18.2 Å². The Morgan fingerprint density at radius 1 is 1.33 bits per heavy atom. The summed E-state index contributed by atoms with van der Waals surface area (Å²) in [6, 6.07) is 8.28. The molecule has 108 valence electrons. The van der Waals surface area contributed by atoms with E-state index >= 15 is 0 Å². The number of nitrogens with zero attached hydrogens (tertiary/aromatic N) is 2. The molecule has 21 heavy (non-hydrogen) atoms. The van der Waals surface area contributed by atoms with E-state index in [4.69, 9.17) is 5.11 Å². The predicted octanol–water partition coefficient (Wildman–Crippen LogP) is 3.55. The highest BCUT2D eigenvalue weighted by molar-refractivity contribution is 7.09. The average molecular weight is 300 g/mol. The lowest BCUT2D eigenvalue weighted by molar-refractivity contribution is -0.137. The monoisotopic (exact) mass is 300 g/mol. The molecular formula is C16H16N2O2S. The van der Waals surface area contributed by atoms with Crippen molar-refractivity contribution in [3.8, 4) is 0 Å². The number of fused-ring (bicyclic) bond motifs is 1. The van der Waals surface area contributed by atoms with E-state index in [1.54, 1.807) is 11.3 Å². The molecule has 0 aliphatic carbocycles. The Kier molecular flexibility index (Phi) is 4.01. The van der Waals surface area contributed by atoms with Crippen LogP contribution in [0.2, 0.25) is 0 Å². The number of hydrogen-bond donors (Lipinski definition) is 1. The predicted molar refractivity (Wildman–Crippen MR) is 83.7 cm³/mol. The summed E-state index contributed by atoms with van der Waals surface area (Å²) in [6.07, 6.45) is 5.72. The Labute approximate surface area is 126 Å². The zero-order valence-corrected chi connectivity index (χ0v) is 12.3. The van der Waals surface area contributed by atoms with Gasteiger partial charge in [0.25, 0.3) is 0 Å². The highest BCUT2D eigenvalue weighted by Crippen LogP contribution is 2.24. The summed E-state index contributed by atoms with van der Waals surface area (Å²) in [4.78, 5) is 16.0. The summed E-state index contributed by atoms with van der Waals surface area (Å²) >= 11 is 1.65. The van der Waals surface area contributed by atoms with Gasteiger partial charge in [0.15, 0.2) is 0 Å². The Morgan fingerprint density at radius 2 is 2.19 bits per heavy atom. The third kappa shape index (κ3) is 3.13. The summed E-state index contributed by atoms with van der Waals surface area (Å²) in [5.41, 5.74) is 4.25. The lowest BCUT2D eigenvalue weighted by atomic mass is 10.1. The van der Waals surface area contributed by atoms with E-state index in [-0.39, 0.29) is 6.42 Å². The van der Waals surface area contributed by atoms with E-state index in [2.05, 4.69) is 27.9 Å². The van der Waals surface area contributed by atoms with Crippen LogP contribution in [-0.2, 0) is 17.8 Å². The minimum atomic E-state index is -0.733. The maximum atomic E-state index is 10.7. The molecule has 0 fully saturated rings. The van der Waals surface area contributed by atoms with Crippen LogP contribution in [0, 0.1) is 0 Å². The van der Waals surface area contributed by atoms with Gasteiger partial charge >= 0.3 is 5.97 Å². The van der Waals surface area contributed by atoms with Crippen molar-refractivity contribution in [3.05, 3.63) is 52.6 Å². The van der Waals surface area contributed by atoms with Crippen molar-refractivity contribution in [2.45, 2.75) is 25.8 Å². The number of carboxylic acid groups (broad SMARTS) is 1. The summed E-state index contributed by atoms with van der Waals surface area (Å²) in [7, 11) is 0. The molecule has 0 radical (unpaired) electrons. The highest BCUT2D eigenvalue weighted by Gasteiger charge is 2.09. The molecule has 4 nitrogen and oxygen atoms in total. The molecule has 2 heterocycles. The summed E-state index contributed by atoms with van der Waals surface area (Å²) in [5, 5.41) is 9.99. The first-order valence-electron chi connectivity index (χ1n) is 6.90. The maximum Gasteiger partial charge on any atom is 0.303 e. The first-order chi connectivity index (χ1) is 10.2. The summed E-state index contributed by atoms with van der Waals surface area (Å²) in [6.45, 7) is 0.810. The van der Waals surface area contributed by atoms with Gasteiger partial charge in [-0.05, 0) is 24.5 Å². The quantitative estimate of drug-likeness (QED) is 0.757. The van der Waals surface area contributed by atoms with Gasteiger partial charge in [0.05, 0.1) is 12.1 Å². The van der Waals surface area contributed by atoms with Crippen LogP contribution in [0.4, 0.5) is 0 Å². The zero-order valence-electron chi connectivity index (χ0n) is 11.5. The molecule has 0 amide bonds. The van der Waals surface area contributed by atoms with Gasteiger partial charge in [-0.3, -0.25) is 9.78 Å². The van der Waals surface area contributed by atoms with Gasteiger partial charge in [0.1, 0.15) is 0 Å². The van der Waals surface area contributed by atoms with Crippen LogP contribution in [0.5, 0.6) is 0 Å². The maximum absolute atomic E-state index is 10.7. The van der Waals surface area contributed by atoms with E-state index in [1.807, 2.05) is 23.8 Å². The van der Waals surface area contributed by atoms with Gasteiger partial charge in [0, 0.05) is 34.6 Å². The second kappa shape index (κ2) is 6.10. The average Bonchev–Trinajstić information content (AvgIpc) is 3.09. The number of hydrogen-bond acceptors (Lipinski definition) is 3. The third-order valence-electron chi connectivity index (χ3n) is 3.52. The summed E-state index contributed by atoms with van der Waals surface area (Å²) < 4.78 is 2.22. The molecule has 0 unspecified atom stereocenters. The Morgan fingerprint density at radius 3 is 2.95 bits per heavy atom. The smallest absolute Gasteiger partial charge is 0.303 e. The van der Waals surface area contributed by atoms with E-state index in [0.717, 1.165) is 13.0 Å². The van der Waals surface area contributed by atoms with Crippen molar-refractivity contribution in [1.82, 2.24) is 9.55 Å². The highest BCUT2D eigenvalue weighted by atomic mass is 32.1. The molecular weight excluding hydrogens is 284 g/mol. The normalized spacial score (nSPS) is 11.0. The molecule has 5 heteroatoms. The number of aromatic nitrogens is 2. The molecule has 3 rings (SSSR count). The molecule has 0 aliphatic heterocycles. The Bertz CT molecular complexity index is 747. The molecule has 0 spiro atoms. The zero-order chi connectivity index (χ0) is 14.7. The number of aliphatic carboxylic acids is 1. The first-order valence-corrected chi connectivity index (χ1v) is 7.78. The van der Waals surface area contributed by atoms with Gasteiger partial charge in [-0.25, -0.2) is 0 Å². The van der Waals surface area contributed by atoms with Crippen molar-refractivity contribution in [3.63, 3.8) is 0 Å². The molecule has 1 N–H and O–H groups in total. The fraction of sp³-hybridized carbons (Fsp3) is 0.250. The van der Waals surface area contributed by atoms with E-state index in [0.29, 0.717) is 6.42 Å². The number of thiazole rings is 1. The van der Waals surface area contributed by atoms with E-state index in [1.165, 1.54) is 21.3 Å². The molecule has 0 bridgehead atoms. The van der Waals surface area contributed by atoms with Crippen LogP contribution >= 0.6 is 11.3 Å². The lowest BCUT2D eigenvalue weighted by Crippen LogP contribution is -1.96. The molecule has 0 saturated carbocycles. The van der Waals surface area contributed by atoms with E-state index < -0.39 is 5.97 Å². The van der Waals surface area contributed by atoms with Crippen LogP contribution in [0.15, 0.2) is 42.2 Å². The standard InChI is InChI=1S/C16H16N2O2S/c19-16(20)7-3-4-12-9-18(10-13-8-17-11-21-13)15-6-2-1-5-14(12)15/h1-2,5-6,8-9,11H,3-4,7,10H2,(H,19,20). The number of carbonyl (C=O) groups is 1. The van der Waals surface area contributed by atoms with Crippen LogP contribution < -0.4 is 0 Å². The van der Waals surface area contributed by atoms with Gasteiger partial charge in [0.2, 0.25) is 0 Å². The number of rotatable bonds is 6. The van der Waals surface area contributed by atoms with Crippen LogP contribution in [-0.4, -0.2) is 20.6 Å². The number of benzene rings is 1. The summed E-state index contributed by atoms with van der Waals surface area (Å²) in [5.74, 6) is -0.733. The van der Waals surface area contributed by atoms with E-state index in [9.17, 15) is 4.79 Å². The fourth-order valence-corrected chi connectivity index (χ4v) is 3.16. The van der Waals surface area contributed by atoms with Crippen LogP contribution in [0.3, 0.4) is 0 Å². The molecule has 3 aromatic rings. The lowest BCUT2D eigenvalue weighted by Gasteiger charge is -2.01. The number of carboxylic acids is 1. The van der Waals surface area contributed by atoms with Crippen molar-refractivity contribution in [1.29, 1.82) is 0 Å². The molecule has 0 aliphatic rings. The molecule has 2 aromatic heterocycles. The fourth-order valence-electron chi connectivity index (χ4n) is 2.57. The SMILES string of the molecule is O=C(O)CCCc1cn(Cc2cncs2)c2ccccc12. The largest absolute Gasteiger partial charge is 0.481 e. The molecule has 0 saturated heterocycles. The molecule has 0 atom stereocenters. The van der Waals surface area contributed by atoms with Crippen molar-refractivity contribution < 1.29 is 9.90 Å². The minimum Gasteiger partial charge on any atom is -0.481 e. The third-order valence-corrected chi connectivity index (χ3v) is 4.28. The minimum absolute atomic E-state index is 0.217. The topological polar surface area (TPSA) is 55.1 Å². The Balaban J connectivity index is 1.88. The van der Waals surface area contributed by atoms with Crippen molar-refractivity contribution in [2.75, 3.05) is 0 Å². The number of aryl methyl sites for hydroxylation is 1. The van der Waals surface area contributed by atoms with Crippen molar-refractivity contribution >= 4 is 28.2 Å². The van der Waals surface area contributed by atoms with Gasteiger partial charge in [-0.2, -0.15) is 0 Å². The number of para-hydroxylation sites is 1. The second-order valence-corrected chi connectivity index (χ2v) is 5.99. The van der Waals surface area contributed by atoms with Crippen molar-refractivity contribution in [2.24, 2.45) is 0 Å². The first kappa shape index (κ1) is 13.8. The van der Waals surface area contributed by atoms with Gasteiger partial charge in [-0.15, -0.1) is 11.3 Å².